The van der Waals surface area contributed by atoms with Crippen molar-refractivity contribution in [2.24, 2.45) is 11.7 Å². The molecule has 2 unspecified atom stereocenters. The first-order valence-electron chi connectivity index (χ1n) is 7.28. The maximum Gasteiger partial charge on any atom is 0.0521 e. The van der Waals surface area contributed by atoms with Gasteiger partial charge in [0, 0.05) is 37.7 Å². The lowest BCUT2D eigenvalue weighted by atomic mass is 9.95. The van der Waals surface area contributed by atoms with Crippen LogP contribution in [0.3, 0.4) is 0 Å². The Kier molecular flexibility index (Phi) is 5.37. The lowest BCUT2D eigenvalue weighted by Gasteiger charge is -2.35. The van der Waals surface area contributed by atoms with Gasteiger partial charge in [-0.15, -0.1) is 0 Å². The molecule has 3 heteroatoms. The minimum absolute atomic E-state index is 0.283. The average Bonchev–Trinajstić information content (AvgIpc) is 2.41. The van der Waals surface area contributed by atoms with Crippen LogP contribution in [0.5, 0.6) is 0 Å². The molecule has 1 saturated heterocycles. The number of rotatable bonds is 5. The number of benzene rings is 1. The molecule has 0 amide bonds. The minimum Gasteiger partial charge on any atom is -0.381 e. The number of ether oxygens (including phenoxy) is 1. The molecule has 106 valence electrons. The predicted molar refractivity (Wildman–Crippen MR) is 78.9 cm³/mol. The van der Waals surface area contributed by atoms with E-state index in [1.165, 1.54) is 5.56 Å². The van der Waals surface area contributed by atoms with E-state index in [2.05, 4.69) is 49.1 Å². The van der Waals surface area contributed by atoms with Crippen LogP contribution in [0.15, 0.2) is 30.3 Å². The highest BCUT2D eigenvalue weighted by atomic mass is 16.5. The third-order valence-electron chi connectivity index (χ3n) is 3.96. The van der Waals surface area contributed by atoms with Gasteiger partial charge in [-0.3, -0.25) is 4.90 Å². The summed E-state index contributed by atoms with van der Waals surface area (Å²) in [5, 5.41) is 0. The number of hydrogen-bond donors (Lipinski definition) is 1. The van der Waals surface area contributed by atoms with Crippen LogP contribution < -0.4 is 5.73 Å². The second-order valence-electron chi connectivity index (χ2n) is 5.80. The molecule has 2 rings (SSSR count). The first-order chi connectivity index (χ1) is 9.16. The van der Waals surface area contributed by atoms with E-state index in [9.17, 15) is 0 Å². The third-order valence-corrected chi connectivity index (χ3v) is 3.96. The van der Waals surface area contributed by atoms with E-state index in [0.717, 1.165) is 32.7 Å². The molecule has 0 spiro atoms. The summed E-state index contributed by atoms with van der Waals surface area (Å²) in [7, 11) is 0. The van der Waals surface area contributed by atoms with Crippen molar-refractivity contribution in [1.82, 2.24) is 4.90 Å². The first kappa shape index (κ1) is 14.5. The van der Waals surface area contributed by atoms with Gasteiger partial charge in [0.1, 0.15) is 0 Å². The normalized spacial score (nSPS) is 24.1. The third kappa shape index (κ3) is 4.30. The zero-order valence-corrected chi connectivity index (χ0v) is 12.1. The van der Waals surface area contributed by atoms with Crippen LogP contribution in [0.4, 0.5) is 0 Å². The van der Waals surface area contributed by atoms with Crippen LogP contribution in [0.1, 0.15) is 25.8 Å². The molecule has 0 saturated carbocycles. The monoisotopic (exact) mass is 262 g/mol. The Morgan fingerprint density at radius 1 is 1.32 bits per heavy atom. The molecule has 1 heterocycles. The van der Waals surface area contributed by atoms with Gasteiger partial charge in [-0.05, 0) is 25.8 Å². The summed E-state index contributed by atoms with van der Waals surface area (Å²) in [6, 6.07) is 11.4. The standard InChI is InChI=1S/C16H26N2O/c1-13(2)18(10-14-6-4-3-5-7-14)11-15-12-19-9-8-16(15)17/h3-7,13,15-16H,8-12,17H2,1-2H3. The zero-order valence-electron chi connectivity index (χ0n) is 12.1. The van der Waals surface area contributed by atoms with E-state index in [1.54, 1.807) is 0 Å². The molecule has 3 nitrogen and oxygen atoms in total. The molecule has 0 aliphatic carbocycles. The average molecular weight is 262 g/mol. The van der Waals surface area contributed by atoms with Gasteiger partial charge in [-0.25, -0.2) is 0 Å². The maximum atomic E-state index is 6.21. The second-order valence-corrected chi connectivity index (χ2v) is 5.80. The van der Waals surface area contributed by atoms with Crippen molar-refractivity contribution in [2.75, 3.05) is 19.8 Å². The lowest BCUT2D eigenvalue weighted by molar-refractivity contribution is 0.0198. The molecular formula is C16H26N2O. The van der Waals surface area contributed by atoms with E-state index in [-0.39, 0.29) is 6.04 Å². The Morgan fingerprint density at radius 3 is 2.68 bits per heavy atom. The first-order valence-corrected chi connectivity index (χ1v) is 7.28. The van der Waals surface area contributed by atoms with Gasteiger partial charge < -0.3 is 10.5 Å². The Morgan fingerprint density at radius 2 is 2.05 bits per heavy atom. The van der Waals surface area contributed by atoms with Crippen LogP contribution >= 0.6 is 0 Å². The van der Waals surface area contributed by atoms with Crippen molar-refractivity contribution >= 4 is 0 Å². The van der Waals surface area contributed by atoms with Crippen molar-refractivity contribution in [2.45, 2.75) is 38.9 Å². The molecule has 0 radical (unpaired) electrons. The fourth-order valence-electron chi connectivity index (χ4n) is 2.58. The van der Waals surface area contributed by atoms with Gasteiger partial charge in [0.25, 0.3) is 0 Å². The molecule has 2 atom stereocenters. The molecule has 1 aromatic carbocycles. The molecule has 2 N–H and O–H groups in total. The second kappa shape index (κ2) is 7.04. The van der Waals surface area contributed by atoms with Gasteiger partial charge in [0.15, 0.2) is 0 Å². The summed E-state index contributed by atoms with van der Waals surface area (Å²) < 4.78 is 5.58. The predicted octanol–water partition coefficient (Wildman–Crippen LogP) is 2.26. The summed E-state index contributed by atoms with van der Waals surface area (Å²) in [5.41, 5.74) is 7.58. The fraction of sp³-hybridized carbons (Fsp3) is 0.625. The molecule has 0 bridgehead atoms. The van der Waals surface area contributed by atoms with Crippen molar-refractivity contribution in [1.29, 1.82) is 0 Å². The topological polar surface area (TPSA) is 38.5 Å². The molecular weight excluding hydrogens is 236 g/mol. The molecule has 1 aromatic rings. The van der Waals surface area contributed by atoms with Gasteiger partial charge in [-0.1, -0.05) is 30.3 Å². The van der Waals surface area contributed by atoms with E-state index in [1.807, 2.05) is 0 Å². The van der Waals surface area contributed by atoms with Crippen LogP contribution in [-0.4, -0.2) is 36.7 Å². The minimum atomic E-state index is 0.283. The lowest BCUT2D eigenvalue weighted by Crippen LogP contribution is -2.46. The summed E-state index contributed by atoms with van der Waals surface area (Å²) in [4.78, 5) is 2.49. The van der Waals surface area contributed by atoms with Crippen molar-refractivity contribution < 1.29 is 4.74 Å². The molecule has 0 aromatic heterocycles. The molecule has 1 aliphatic rings. The summed E-state index contributed by atoms with van der Waals surface area (Å²) in [6.45, 7) is 8.13. The van der Waals surface area contributed by atoms with Gasteiger partial charge in [-0.2, -0.15) is 0 Å². The quantitative estimate of drug-likeness (QED) is 0.884. The van der Waals surface area contributed by atoms with Crippen LogP contribution in [-0.2, 0) is 11.3 Å². The van der Waals surface area contributed by atoms with Gasteiger partial charge in [0.2, 0.25) is 0 Å². The van der Waals surface area contributed by atoms with Crippen molar-refractivity contribution in [3.05, 3.63) is 35.9 Å². The van der Waals surface area contributed by atoms with Gasteiger partial charge >= 0.3 is 0 Å². The summed E-state index contributed by atoms with van der Waals surface area (Å²) >= 11 is 0. The molecule has 1 aliphatic heterocycles. The van der Waals surface area contributed by atoms with Gasteiger partial charge in [0.05, 0.1) is 6.61 Å². The van der Waals surface area contributed by atoms with Crippen LogP contribution in [0, 0.1) is 5.92 Å². The highest BCUT2D eigenvalue weighted by Crippen LogP contribution is 2.17. The van der Waals surface area contributed by atoms with Crippen LogP contribution in [0.2, 0.25) is 0 Å². The summed E-state index contributed by atoms with van der Waals surface area (Å²) in [5.74, 6) is 0.458. The van der Waals surface area contributed by atoms with E-state index >= 15 is 0 Å². The number of nitrogens with two attached hydrogens (primary N) is 1. The van der Waals surface area contributed by atoms with Crippen LogP contribution in [0.25, 0.3) is 0 Å². The number of nitrogens with zero attached hydrogens (tertiary/aromatic N) is 1. The van der Waals surface area contributed by atoms with Crippen molar-refractivity contribution in [3.63, 3.8) is 0 Å². The van der Waals surface area contributed by atoms with Crippen molar-refractivity contribution in [3.8, 4) is 0 Å². The van der Waals surface area contributed by atoms with E-state index < -0.39 is 0 Å². The Balaban J connectivity index is 1.96. The molecule has 19 heavy (non-hydrogen) atoms. The maximum absolute atomic E-state index is 6.21. The van der Waals surface area contributed by atoms with E-state index in [0.29, 0.717) is 12.0 Å². The molecule has 1 fully saturated rings. The Hall–Kier alpha value is -0.900. The fourth-order valence-corrected chi connectivity index (χ4v) is 2.58. The Labute approximate surface area is 116 Å². The Bertz CT molecular complexity index is 366. The highest BCUT2D eigenvalue weighted by Gasteiger charge is 2.25. The highest BCUT2D eigenvalue weighted by molar-refractivity contribution is 5.14. The SMILES string of the molecule is CC(C)N(Cc1ccccc1)CC1COCCC1N. The largest absolute Gasteiger partial charge is 0.381 e. The smallest absolute Gasteiger partial charge is 0.0521 e. The zero-order chi connectivity index (χ0) is 13.7. The summed E-state index contributed by atoms with van der Waals surface area (Å²) in [6.07, 6.45) is 0.988. The number of hydrogen-bond acceptors (Lipinski definition) is 3. The van der Waals surface area contributed by atoms with E-state index in [4.69, 9.17) is 10.5 Å².